The van der Waals surface area contributed by atoms with Crippen LogP contribution in [0.3, 0.4) is 0 Å². The van der Waals surface area contributed by atoms with Gasteiger partial charge in [0.15, 0.2) is 0 Å². The zero-order valence-corrected chi connectivity index (χ0v) is 10.6. The van der Waals surface area contributed by atoms with E-state index in [1.54, 1.807) is 0 Å². The summed E-state index contributed by atoms with van der Waals surface area (Å²) in [5.41, 5.74) is 2.09. The quantitative estimate of drug-likeness (QED) is 0.849. The number of aliphatic hydroxyl groups excluding tert-OH is 1. The SMILES string of the molecule is Cc1noc(C)c1CN1CC(CO)OCC1C. The summed E-state index contributed by atoms with van der Waals surface area (Å²) in [6.45, 7) is 8.32. The number of aryl methyl sites for hydroxylation is 2. The summed E-state index contributed by atoms with van der Waals surface area (Å²) in [6.07, 6.45) is -0.0772. The molecule has 96 valence electrons. The minimum atomic E-state index is -0.0772. The number of hydrogen-bond donors (Lipinski definition) is 1. The van der Waals surface area contributed by atoms with Crippen molar-refractivity contribution in [2.45, 2.75) is 39.5 Å². The van der Waals surface area contributed by atoms with Crippen LogP contribution in [0.25, 0.3) is 0 Å². The lowest BCUT2D eigenvalue weighted by molar-refractivity contribution is -0.0806. The molecule has 1 saturated heterocycles. The summed E-state index contributed by atoms with van der Waals surface area (Å²) in [4.78, 5) is 2.30. The number of ether oxygens (including phenoxy) is 1. The number of aromatic nitrogens is 1. The van der Waals surface area contributed by atoms with E-state index in [9.17, 15) is 0 Å². The molecular formula is C12H20N2O3. The van der Waals surface area contributed by atoms with Gasteiger partial charge in [-0.05, 0) is 20.8 Å². The van der Waals surface area contributed by atoms with Gasteiger partial charge in [0.25, 0.3) is 0 Å². The van der Waals surface area contributed by atoms with Crippen LogP contribution in [0.15, 0.2) is 4.52 Å². The van der Waals surface area contributed by atoms with E-state index in [4.69, 9.17) is 14.4 Å². The molecule has 1 N–H and O–H groups in total. The van der Waals surface area contributed by atoms with Crippen LogP contribution in [0.1, 0.15) is 23.9 Å². The highest BCUT2D eigenvalue weighted by Gasteiger charge is 2.27. The fourth-order valence-electron chi connectivity index (χ4n) is 2.14. The second-order valence-electron chi connectivity index (χ2n) is 4.72. The van der Waals surface area contributed by atoms with Gasteiger partial charge < -0.3 is 14.4 Å². The first-order valence-electron chi connectivity index (χ1n) is 6.00. The van der Waals surface area contributed by atoms with Crippen molar-refractivity contribution in [2.75, 3.05) is 19.8 Å². The summed E-state index contributed by atoms with van der Waals surface area (Å²) in [5.74, 6) is 0.877. The Balaban J connectivity index is 2.06. The third-order valence-electron chi connectivity index (χ3n) is 3.38. The van der Waals surface area contributed by atoms with Gasteiger partial charge in [0, 0.05) is 24.7 Å². The Morgan fingerprint density at radius 1 is 1.47 bits per heavy atom. The summed E-state index contributed by atoms with van der Waals surface area (Å²) < 4.78 is 10.7. The molecular weight excluding hydrogens is 220 g/mol. The number of morpholine rings is 1. The molecule has 2 rings (SSSR count). The molecule has 1 aromatic rings. The van der Waals surface area contributed by atoms with E-state index >= 15 is 0 Å². The largest absolute Gasteiger partial charge is 0.394 e. The van der Waals surface area contributed by atoms with E-state index in [-0.39, 0.29) is 12.7 Å². The van der Waals surface area contributed by atoms with Crippen molar-refractivity contribution in [3.8, 4) is 0 Å². The van der Waals surface area contributed by atoms with Crippen LogP contribution in [0.5, 0.6) is 0 Å². The van der Waals surface area contributed by atoms with Crippen LogP contribution in [0.4, 0.5) is 0 Å². The van der Waals surface area contributed by atoms with Crippen LogP contribution < -0.4 is 0 Å². The zero-order valence-electron chi connectivity index (χ0n) is 10.6. The first-order valence-corrected chi connectivity index (χ1v) is 6.00. The van der Waals surface area contributed by atoms with E-state index in [1.807, 2.05) is 13.8 Å². The molecule has 0 spiro atoms. The van der Waals surface area contributed by atoms with E-state index in [1.165, 1.54) is 0 Å². The maximum absolute atomic E-state index is 9.15. The molecule has 2 unspecified atom stereocenters. The van der Waals surface area contributed by atoms with E-state index in [2.05, 4.69) is 17.0 Å². The summed E-state index contributed by atoms with van der Waals surface area (Å²) in [5, 5.41) is 13.1. The standard InChI is InChI=1S/C12H20N2O3/c1-8-7-16-11(6-15)4-14(8)5-12-9(2)13-17-10(12)3/h8,11,15H,4-7H2,1-3H3. The zero-order chi connectivity index (χ0) is 12.4. The Labute approximate surface area is 101 Å². The third kappa shape index (κ3) is 2.68. The molecule has 1 fully saturated rings. The number of aliphatic hydroxyl groups is 1. The first kappa shape index (κ1) is 12.5. The molecule has 17 heavy (non-hydrogen) atoms. The van der Waals surface area contributed by atoms with Gasteiger partial charge in [0.2, 0.25) is 0 Å². The fourth-order valence-corrected chi connectivity index (χ4v) is 2.14. The second kappa shape index (κ2) is 5.16. The Hall–Kier alpha value is -0.910. The van der Waals surface area contributed by atoms with Gasteiger partial charge in [-0.15, -0.1) is 0 Å². The normalized spacial score (nSPS) is 26.4. The molecule has 1 aromatic heterocycles. The average Bonchev–Trinajstić information content (AvgIpc) is 2.63. The van der Waals surface area contributed by atoms with Crippen molar-refractivity contribution >= 4 is 0 Å². The van der Waals surface area contributed by atoms with Crippen LogP contribution >= 0.6 is 0 Å². The molecule has 2 atom stereocenters. The van der Waals surface area contributed by atoms with Gasteiger partial charge >= 0.3 is 0 Å². The fraction of sp³-hybridized carbons (Fsp3) is 0.750. The van der Waals surface area contributed by atoms with Crippen LogP contribution in [-0.4, -0.2) is 47.1 Å². The monoisotopic (exact) mass is 240 g/mol. The van der Waals surface area contributed by atoms with E-state index in [0.717, 1.165) is 30.1 Å². The van der Waals surface area contributed by atoms with Gasteiger partial charge in [0.05, 0.1) is 25.0 Å². The Morgan fingerprint density at radius 3 is 2.82 bits per heavy atom. The molecule has 1 aliphatic heterocycles. The molecule has 2 heterocycles. The van der Waals surface area contributed by atoms with Crippen molar-refractivity contribution in [3.63, 3.8) is 0 Å². The number of rotatable bonds is 3. The Bertz CT molecular complexity index is 358. The van der Waals surface area contributed by atoms with Gasteiger partial charge in [-0.1, -0.05) is 5.16 Å². The predicted molar refractivity (Wildman–Crippen MR) is 62.7 cm³/mol. The van der Waals surface area contributed by atoms with Crippen molar-refractivity contribution < 1.29 is 14.4 Å². The highest BCUT2D eigenvalue weighted by Crippen LogP contribution is 2.19. The highest BCUT2D eigenvalue weighted by molar-refractivity contribution is 5.20. The van der Waals surface area contributed by atoms with Gasteiger partial charge in [-0.2, -0.15) is 0 Å². The van der Waals surface area contributed by atoms with Crippen molar-refractivity contribution in [1.29, 1.82) is 0 Å². The maximum atomic E-state index is 9.15. The van der Waals surface area contributed by atoms with Crippen molar-refractivity contribution in [3.05, 3.63) is 17.0 Å². The lowest BCUT2D eigenvalue weighted by atomic mass is 10.1. The predicted octanol–water partition coefficient (Wildman–Crippen LogP) is 0.873. The van der Waals surface area contributed by atoms with Gasteiger partial charge in [-0.3, -0.25) is 4.90 Å². The van der Waals surface area contributed by atoms with Crippen molar-refractivity contribution in [2.24, 2.45) is 0 Å². The topological polar surface area (TPSA) is 58.7 Å². The summed E-state index contributed by atoms with van der Waals surface area (Å²) >= 11 is 0. The van der Waals surface area contributed by atoms with Crippen LogP contribution in [-0.2, 0) is 11.3 Å². The van der Waals surface area contributed by atoms with Crippen molar-refractivity contribution in [1.82, 2.24) is 10.1 Å². The van der Waals surface area contributed by atoms with Gasteiger partial charge in [-0.25, -0.2) is 0 Å². The lowest BCUT2D eigenvalue weighted by Gasteiger charge is -2.37. The molecule has 0 aliphatic carbocycles. The molecule has 5 heteroatoms. The lowest BCUT2D eigenvalue weighted by Crippen LogP contribution is -2.48. The molecule has 1 aliphatic rings. The Kier molecular flexibility index (Phi) is 3.81. The molecule has 0 bridgehead atoms. The summed E-state index contributed by atoms with van der Waals surface area (Å²) in [7, 11) is 0. The molecule has 0 aromatic carbocycles. The van der Waals surface area contributed by atoms with E-state index in [0.29, 0.717) is 12.6 Å². The minimum Gasteiger partial charge on any atom is -0.394 e. The Morgan fingerprint density at radius 2 is 2.24 bits per heavy atom. The smallest absolute Gasteiger partial charge is 0.138 e. The average molecular weight is 240 g/mol. The number of nitrogens with zero attached hydrogens (tertiary/aromatic N) is 2. The van der Waals surface area contributed by atoms with Gasteiger partial charge in [0.1, 0.15) is 5.76 Å². The minimum absolute atomic E-state index is 0.0742. The third-order valence-corrected chi connectivity index (χ3v) is 3.38. The first-order chi connectivity index (χ1) is 8.11. The molecule has 0 radical (unpaired) electrons. The van der Waals surface area contributed by atoms with Crippen LogP contribution in [0.2, 0.25) is 0 Å². The number of hydrogen-bond acceptors (Lipinski definition) is 5. The maximum Gasteiger partial charge on any atom is 0.138 e. The molecule has 5 nitrogen and oxygen atoms in total. The summed E-state index contributed by atoms with van der Waals surface area (Å²) in [6, 6.07) is 0.353. The van der Waals surface area contributed by atoms with Crippen LogP contribution in [0, 0.1) is 13.8 Å². The second-order valence-corrected chi connectivity index (χ2v) is 4.72. The van der Waals surface area contributed by atoms with E-state index < -0.39 is 0 Å². The molecule has 0 saturated carbocycles. The highest BCUT2D eigenvalue weighted by atomic mass is 16.5. The molecule has 0 amide bonds.